The van der Waals surface area contributed by atoms with E-state index in [1.165, 1.54) is 6.08 Å². The molecule has 0 atom stereocenters. The van der Waals surface area contributed by atoms with Crippen LogP contribution >= 0.6 is 0 Å². The molecule has 192 valence electrons. The summed E-state index contributed by atoms with van der Waals surface area (Å²) in [5.74, 6) is -1.57. The summed E-state index contributed by atoms with van der Waals surface area (Å²) in [6, 6.07) is 38.8. The third kappa shape index (κ3) is 5.07. The van der Waals surface area contributed by atoms with E-state index in [0.717, 1.165) is 33.5 Å². The summed E-state index contributed by atoms with van der Waals surface area (Å²) < 4.78 is 6.96. The van der Waals surface area contributed by atoms with Crippen molar-refractivity contribution in [2.75, 3.05) is 6.61 Å². The number of hydrogen-bond donors (Lipinski definition) is 0. The molecule has 0 saturated heterocycles. The van der Waals surface area contributed by atoms with E-state index in [2.05, 4.69) is 77.4 Å². The Bertz CT molecular complexity index is 1490. The van der Waals surface area contributed by atoms with Crippen LogP contribution in [0.2, 0.25) is 0 Å². The molecular weight excluding hydrogens is 484 g/mol. The SMILES string of the molecule is CCOC(=O)C(=O)/C=C/c1ccccc1-c1cn(C(c2ccccc2)(c2ccccc2)c2ccccc2)cn1. The topological polar surface area (TPSA) is 61.2 Å². The zero-order valence-electron chi connectivity index (χ0n) is 21.6. The van der Waals surface area contributed by atoms with Crippen molar-refractivity contribution in [1.82, 2.24) is 9.55 Å². The van der Waals surface area contributed by atoms with Crippen LogP contribution in [0.4, 0.5) is 0 Å². The van der Waals surface area contributed by atoms with E-state index in [4.69, 9.17) is 9.72 Å². The number of carbonyl (C=O) groups is 2. The van der Waals surface area contributed by atoms with Crippen LogP contribution < -0.4 is 0 Å². The molecule has 0 radical (unpaired) electrons. The van der Waals surface area contributed by atoms with Crippen LogP contribution in [0.15, 0.2) is 134 Å². The van der Waals surface area contributed by atoms with Crippen molar-refractivity contribution >= 4 is 17.8 Å². The molecule has 0 bridgehead atoms. The summed E-state index contributed by atoms with van der Waals surface area (Å²) in [7, 11) is 0. The fraction of sp³-hybridized carbons (Fsp3) is 0.0882. The number of imidazole rings is 1. The summed E-state index contributed by atoms with van der Waals surface area (Å²) >= 11 is 0. The molecule has 1 aromatic heterocycles. The molecule has 5 heteroatoms. The summed E-state index contributed by atoms with van der Waals surface area (Å²) in [6.07, 6.45) is 6.77. The Morgan fingerprint density at radius 2 is 1.28 bits per heavy atom. The van der Waals surface area contributed by atoms with E-state index in [1.807, 2.05) is 55.0 Å². The van der Waals surface area contributed by atoms with Crippen molar-refractivity contribution < 1.29 is 14.3 Å². The van der Waals surface area contributed by atoms with E-state index in [9.17, 15) is 9.59 Å². The number of aromatic nitrogens is 2. The van der Waals surface area contributed by atoms with Gasteiger partial charge in [0.25, 0.3) is 5.78 Å². The molecule has 39 heavy (non-hydrogen) atoms. The van der Waals surface area contributed by atoms with Gasteiger partial charge in [-0.05, 0) is 35.3 Å². The van der Waals surface area contributed by atoms with Gasteiger partial charge in [0.15, 0.2) is 0 Å². The van der Waals surface area contributed by atoms with E-state index < -0.39 is 17.3 Å². The van der Waals surface area contributed by atoms with Crippen molar-refractivity contribution in [1.29, 1.82) is 0 Å². The van der Waals surface area contributed by atoms with Crippen LogP contribution in [-0.2, 0) is 19.9 Å². The number of ketones is 1. The first-order chi connectivity index (χ1) is 19.1. The van der Waals surface area contributed by atoms with Crippen molar-refractivity contribution in [3.05, 3.63) is 156 Å². The fourth-order valence-electron chi connectivity index (χ4n) is 4.94. The number of ether oxygens (including phenoxy) is 1. The minimum Gasteiger partial charge on any atom is -0.460 e. The van der Waals surface area contributed by atoms with E-state index in [0.29, 0.717) is 0 Å². The third-order valence-electron chi connectivity index (χ3n) is 6.67. The molecule has 0 spiro atoms. The minimum absolute atomic E-state index is 0.151. The number of rotatable bonds is 9. The highest BCUT2D eigenvalue weighted by atomic mass is 16.5. The van der Waals surface area contributed by atoms with Gasteiger partial charge in [-0.25, -0.2) is 9.78 Å². The standard InChI is InChI=1S/C34H28N2O3/c1-2-39-33(38)32(37)23-22-26-14-12-13-21-30(26)31-24-36(25-35-31)34(27-15-6-3-7-16-27,28-17-8-4-9-18-28)29-19-10-5-11-20-29/h3-25H,2H2,1H3/b23-22+. The molecule has 5 aromatic rings. The second-order valence-electron chi connectivity index (χ2n) is 8.98. The average Bonchev–Trinajstić information content (AvgIpc) is 3.48. The molecule has 0 aliphatic rings. The molecule has 0 amide bonds. The quantitative estimate of drug-likeness (QED) is 0.0974. The lowest BCUT2D eigenvalue weighted by Gasteiger charge is -2.37. The lowest BCUT2D eigenvalue weighted by Crippen LogP contribution is -2.36. The Morgan fingerprint density at radius 3 is 1.82 bits per heavy atom. The van der Waals surface area contributed by atoms with Crippen molar-refractivity contribution in [3.8, 4) is 11.3 Å². The highest BCUT2D eigenvalue weighted by molar-refractivity contribution is 6.39. The number of carbonyl (C=O) groups excluding carboxylic acids is 2. The minimum atomic E-state index is -0.867. The maximum Gasteiger partial charge on any atom is 0.379 e. The lowest BCUT2D eigenvalue weighted by molar-refractivity contribution is -0.151. The Kier molecular flexibility index (Phi) is 7.60. The molecule has 4 aromatic carbocycles. The smallest absolute Gasteiger partial charge is 0.379 e. The molecule has 0 saturated carbocycles. The van der Waals surface area contributed by atoms with Gasteiger partial charge in [-0.2, -0.15) is 0 Å². The molecule has 0 fully saturated rings. The zero-order valence-corrected chi connectivity index (χ0v) is 21.6. The average molecular weight is 513 g/mol. The summed E-state index contributed by atoms with van der Waals surface area (Å²) in [4.78, 5) is 28.8. The zero-order chi connectivity index (χ0) is 27.1. The normalized spacial score (nSPS) is 11.4. The fourth-order valence-corrected chi connectivity index (χ4v) is 4.94. The lowest BCUT2D eigenvalue weighted by atomic mass is 9.77. The second-order valence-corrected chi connectivity index (χ2v) is 8.98. The van der Waals surface area contributed by atoms with Gasteiger partial charge in [-0.3, -0.25) is 4.79 Å². The Labute approximate surface area is 228 Å². The summed E-state index contributed by atoms with van der Waals surface area (Å²) in [5.41, 5.74) is 4.96. The molecule has 5 rings (SSSR count). The first-order valence-corrected chi connectivity index (χ1v) is 12.8. The number of esters is 1. The number of hydrogen-bond acceptors (Lipinski definition) is 4. The molecule has 5 nitrogen and oxygen atoms in total. The molecule has 0 aliphatic heterocycles. The largest absolute Gasteiger partial charge is 0.460 e. The third-order valence-corrected chi connectivity index (χ3v) is 6.67. The van der Waals surface area contributed by atoms with Crippen molar-refractivity contribution in [3.63, 3.8) is 0 Å². The van der Waals surface area contributed by atoms with Gasteiger partial charge in [0.2, 0.25) is 0 Å². The van der Waals surface area contributed by atoms with Crippen molar-refractivity contribution in [2.45, 2.75) is 12.5 Å². The van der Waals surface area contributed by atoms with Gasteiger partial charge >= 0.3 is 5.97 Å². The summed E-state index contributed by atoms with van der Waals surface area (Å²) in [5, 5.41) is 0. The molecule has 0 N–H and O–H groups in total. The van der Waals surface area contributed by atoms with Gasteiger partial charge in [0.1, 0.15) is 5.54 Å². The van der Waals surface area contributed by atoms with Crippen LogP contribution in [0.25, 0.3) is 17.3 Å². The van der Waals surface area contributed by atoms with E-state index in [-0.39, 0.29) is 6.61 Å². The maximum atomic E-state index is 12.2. The number of benzene rings is 4. The second kappa shape index (κ2) is 11.6. The summed E-state index contributed by atoms with van der Waals surface area (Å²) in [6.45, 7) is 1.82. The van der Waals surface area contributed by atoms with Crippen LogP contribution in [0.5, 0.6) is 0 Å². The highest BCUT2D eigenvalue weighted by Gasteiger charge is 2.38. The van der Waals surface area contributed by atoms with Gasteiger partial charge < -0.3 is 9.30 Å². The Balaban J connectivity index is 1.66. The van der Waals surface area contributed by atoms with Crippen LogP contribution in [0.3, 0.4) is 0 Å². The predicted octanol–water partition coefficient (Wildman–Crippen LogP) is 6.54. The number of nitrogens with zero attached hydrogens (tertiary/aromatic N) is 2. The van der Waals surface area contributed by atoms with Gasteiger partial charge in [-0.15, -0.1) is 0 Å². The van der Waals surface area contributed by atoms with E-state index in [1.54, 1.807) is 13.0 Å². The van der Waals surface area contributed by atoms with Crippen LogP contribution in [-0.4, -0.2) is 27.9 Å². The highest BCUT2D eigenvalue weighted by Crippen LogP contribution is 2.41. The van der Waals surface area contributed by atoms with Crippen LogP contribution in [0.1, 0.15) is 29.2 Å². The molecular formula is C34H28N2O3. The molecule has 1 heterocycles. The molecule has 0 unspecified atom stereocenters. The predicted molar refractivity (Wildman–Crippen MR) is 153 cm³/mol. The van der Waals surface area contributed by atoms with Gasteiger partial charge in [0, 0.05) is 11.8 Å². The van der Waals surface area contributed by atoms with Gasteiger partial charge in [-0.1, -0.05) is 121 Å². The van der Waals surface area contributed by atoms with Gasteiger partial charge in [0.05, 0.1) is 18.6 Å². The van der Waals surface area contributed by atoms with Crippen molar-refractivity contribution in [2.24, 2.45) is 0 Å². The maximum absolute atomic E-state index is 12.2. The monoisotopic (exact) mass is 512 g/mol. The molecule has 0 aliphatic carbocycles. The van der Waals surface area contributed by atoms with E-state index >= 15 is 0 Å². The first kappa shape index (κ1) is 25.6. The van der Waals surface area contributed by atoms with Crippen LogP contribution in [0, 0.1) is 0 Å². The Morgan fingerprint density at radius 1 is 0.769 bits per heavy atom. The first-order valence-electron chi connectivity index (χ1n) is 12.8. The Hall–Kier alpha value is -5.03.